The van der Waals surface area contributed by atoms with Gasteiger partial charge in [-0.15, -0.1) is 11.3 Å². The summed E-state index contributed by atoms with van der Waals surface area (Å²) in [6.07, 6.45) is 1.75. The number of ether oxygens (including phenoxy) is 2. The minimum Gasteiger partial charge on any atom is -0.459 e. The molecule has 0 aliphatic rings. The maximum absolute atomic E-state index is 12.7. The van der Waals surface area contributed by atoms with Gasteiger partial charge in [0.25, 0.3) is 5.56 Å². The Morgan fingerprint density at radius 3 is 2.74 bits per heavy atom. The molecule has 2 aromatic carbocycles. The normalized spacial score (nSPS) is 11.9. The summed E-state index contributed by atoms with van der Waals surface area (Å²) >= 11 is 7.60. The Morgan fingerprint density at radius 2 is 1.97 bits per heavy atom. The smallest absolute Gasteiger partial charge is 0.348 e. The van der Waals surface area contributed by atoms with E-state index in [9.17, 15) is 9.59 Å². The monoisotopic (exact) mass is 454 g/mol. The lowest BCUT2D eigenvalue weighted by Gasteiger charge is -2.02. The number of fused-ring (bicyclic) bond motifs is 2. The summed E-state index contributed by atoms with van der Waals surface area (Å²) in [4.78, 5) is 33.0. The largest absolute Gasteiger partial charge is 0.459 e. The Morgan fingerprint density at radius 1 is 1.19 bits per heavy atom. The van der Waals surface area contributed by atoms with Gasteiger partial charge in [-0.1, -0.05) is 48.0 Å². The third-order valence-corrected chi connectivity index (χ3v) is 6.25. The first-order chi connectivity index (χ1) is 15.0. The molecule has 0 aliphatic heterocycles. The third kappa shape index (κ3) is 4.39. The van der Waals surface area contributed by atoms with Gasteiger partial charge in [-0.2, -0.15) is 0 Å². The molecule has 0 unspecified atom stereocenters. The van der Waals surface area contributed by atoms with Crippen LogP contribution in [0.1, 0.15) is 26.6 Å². The number of carbonyl (C=O) groups excluding carboxylic acids is 1. The highest BCUT2D eigenvalue weighted by Crippen LogP contribution is 2.29. The van der Waals surface area contributed by atoms with Gasteiger partial charge in [-0.3, -0.25) is 4.79 Å². The molecule has 4 rings (SSSR count). The first-order valence-corrected chi connectivity index (χ1v) is 10.7. The number of hydrogen-bond donors (Lipinski definition) is 1. The first kappa shape index (κ1) is 21.2. The van der Waals surface area contributed by atoms with Gasteiger partial charge in [0.1, 0.15) is 16.3 Å². The van der Waals surface area contributed by atoms with Crippen LogP contribution in [0, 0.1) is 6.92 Å². The molecule has 0 fully saturated rings. The molecule has 31 heavy (non-hydrogen) atoms. The molecule has 0 radical (unpaired) electrons. The molecular formula is C23H19ClN2O4S. The number of carbonyl (C=O) groups is 1. The van der Waals surface area contributed by atoms with Gasteiger partial charge in [0, 0.05) is 7.11 Å². The number of esters is 1. The fraction of sp³-hybridized carbons (Fsp3) is 0.174. The first-order valence-electron chi connectivity index (χ1n) is 9.54. The summed E-state index contributed by atoms with van der Waals surface area (Å²) in [7, 11) is 1.53. The van der Waals surface area contributed by atoms with E-state index in [2.05, 4.69) is 9.97 Å². The maximum atomic E-state index is 12.7. The van der Waals surface area contributed by atoms with Crippen molar-refractivity contribution in [1.82, 2.24) is 9.97 Å². The standard InChI is InChI=1S/C23H19ClN2O4S/c1-13-18-21(27)25-20(26-22(18)31-19(13)23(28)30-10-9-29-2)17(24)12-14-7-8-15-5-3-4-6-16(15)11-14/h3-8,11-12H,9-10H2,1-2H3,(H,25,26,27)/b17-12-. The lowest BCUT2D eigenvalue weighted by molar-refractivity contribution is 0.0393. The average Bonchev–Trinajstić information content (AvgIpc) is 3.10. The molecule has 0 atom stereocenters. The molecule has 2 heterocycles. The highest BCUT2D eigenvalue weighted by molar-refractivity contribution is 7.20. The number of aryl methyl sites for hydroxylation is 1. The van der Waals surface area contributed by atoms with Gasteiger partial charge in [0.15, 0.2) is 5.82 Å². The van der Waals surface area contributed by atoms with Crippen molar-refractivity contribution in [3.8, 4) is 0 Å². The molecule has 0 aliphatic carbocycles. The molecule has 2 aromatic heterocycles. The van der Waals surface area contributed by atoms with Crippen molar-refractivity contribution in [2.24, 2.45) is 0 Å². The van der Waals surface area contributed by atoms with Crippen LogP contribution >= 0.6 is 22.9 Å². The van der Waals surface area contributed by atoms with E-state index in [1.807, 2.05) is 42.5 Å². The molecule has 6 nitrogen and oxygen atoms in total. The van der Waals surface area contributed by atoms with Gasteiger partial charge >= 0.3 is 5.97 Å². The van der Waals surface area contributed by atoms with E-state index in [1.165, 1.54) is 7.11 Å². The van der Waals surface area contributed by atoms with Gasteiger partial charge in [0.2, 0.25) is 0 Å². The number of nitrogens with zero attached hydrogens (tertiary/aromatic N) is 1. The molecule has 1 N–H and O–H groups in total. The minimum atomic E-state index is -0.503. The summed E-state index contributed by atoms with van der Waals surface area (Å²) in [5.74, 6) is -0.260. The molecule has 4 aromatic rings. The molecule has 158 valence electrons. The Hall–Kier alpha value is -3.00. The van der Waals surface area contributed by atoms with Gasteiger partial charge in [-0.05, 0) is 41.0 Å². The quantitative estimate of drug-likeness (QED) is 0.328. The van der Waals surface area contributed by atoms with Gasteiger partial charge < -0.3 is 14.5 Å². The van der Waals surface area contributed by atoms with Crippen molar-refractivity contribution in [3.05, 3.63) is 74.6 Å². The fourth-order valence-corrected chi connectivity index (χ4v) is 4.54. The molecule has 8 heteroatoms. The van der Waals surface area contributed by atoms with Crippen molar-refractivity contribution in [2.45, 2.75) is 6.92 Å². The molecular weight excluding hydrogens is 436 g/mol. The molecule has 0 spiro atoms. The van der Waals surface area contributed by atoms with Crippen molar-refractivity contribution >= 4 is 61.0 Å². The van der Waals surface area contributed by atoms with Crippen molar-refractivity contribution < 1.29 is 14.3 Å². The number of hydrogen-bond acceptors (Lipinski definition) is 6. The number of aromatic amines is 1. The van der Waals surface area contributed by atoms with E-state index in [0.717, 1.165) is 27.7 Å². The minimum absolute atomic E-state index is 0.137. The van der Waals surface area contributed by atoms with E-state index in [4.69, 9.17) is 21.1 Å². The van der Waals surface area contributed by atoms with Crippen LogP contribution in [0.3, 0.4) is 0 Å². The second-order valence-electron chi connectivity index (χ2n) is 6.88. The lowest BCUT2D eigenvalue weighted by Crippen LogP contribution is -2.11. The fourth-order valence-electron chi connectivity index (χ4n) is 3.25. The second kappa shape index (κ2) is 9.01. The van der Waals surface area contributed by atoms with Crippen LogP contribution in [-0.4, -0.2) is 36.3 Å². The Kier molecular flexibility index (Phi) is 6.18. The van der Waals surface area contributed by atoms with Crippen molar-refractivity contribution in [3.63, 3.8) is 0 Å². The number of aromatic nitrogens is 2. The molecule has 0 bridgehead atoms. The average molecular weight is 455 g/mol. The van der Waals surface area contributed by atoms with Crippen molar-refractivity contribution in [1.29, 1.82) is 0 Å². The van der Waals surface area contributed by atoms with Crippen LogP contribution in [0.15, 0.2) is 47.3 Å². The van der Waals surface area contributed by atoms with Crippen LogP contribution in [0.4, 0.5) is 0 Å². The topological polar surface area (TPSA) is 81.3 Å². The van der Waals surface area contributed by atoms with E-state index in [-0.39, 0.29) is 18.0 Å². The van der Waals surface area contributed by atoms with Crippen molar-refractivity contribution in [2.75, 3.05) is 20.3 Å². The number of H-pyrrole nitrogens is 1. The summed E-state index contributed by atoms with van der Waals surface area (Å²) in [6.45, 7) is 2.14. The van der Waals surface area contributed by atoms with E-state index in [0.29, 0.717) is 32.3 Å². The number of rotatable bonds is 6. The predicted molar refractivity (Wildman–Crippen MR) is 125 cm³/mol. The van der Waals surface area contributed by atoms with E-state index >= 15 is 0 Å². The highest BCUT2D eigenvalue weighted by Gasteiger charge is 2.21. The maximum Gasteiger partial charge on any atom is 0.348 e. The third-order valence-electron chi connectivity index (χ3n) is 4.80. The Bertz CT molecular complexity index is 1370. The number of benzene rings is 2. The van der Waals surface area contributed by atoms with Crippen LogP contribution in [-0.2, 0) is 9.47 Å². The van der Waals surface area contributed by atoms with Crippen LogP contribution in [0.2, 0.25) is 0 Å². The highest BCUT2D eigenvalue weighted by atomic mass is 35.5. The Labute approximate surface area is 187 Å². The second-order valence-corrected chi connectivity index (χ2v) is 8.28. The number of halogens is 1. The lowest BCUT2D eigenvalue weighted by atomic mass is 10.1. The molecule has 0 amide bonds. The zero-order valence-electron chi connectivity index (χ0n) is 16.9. The molecule has 0 saturated carbocycles. The number of methoxy groups -OCH3 is 1. The van der Waals surface area contributed by atoms with Crippen LogP contribution < -0.4 is 5.56 Å². The van der Waals surface area contributed by atoms with Crippen LogP contribution in [0.5, 0.6) is 0 Å². The summed E-state index contributed by atoms with van der Waals surface area (Å²) in [5, 5.41) is 2.87. The SMILES string of the molecule is COCCOC(=O)c1sc2nc(/C(Cl)=C/c3ccc4ccccc4c3)[nH]c(=O)c2c1C. The molecule has 0 saturated heterocycles. The Balaban J connectivity index is 1.69. The number of nitrogens with one attached hydrogen (secondary N) is 1. The summed E-state index contributed by atoms with van der Waals surface area (Å²) in [5.41, 5.74) is 1.07. The summed E-state index contributed by atoms with van der Waals surface area (Å²) in [6, 6.07) is 14.0. The summed E-state index contributed by atoms with van der Waals surface area (Å²) < 4.78 is 10.1. The zero-order chi connectivity index (χ0) is 22.0. The predicted octanol–water partition coefficient (Wildman–Crippen LogP) is 4.99. The van der Waals surface area contributed by atoms with E-state index in [1.54, 1.807) is 13.0 Å². The number of thiophene rings is 1. The van der Waals surface area contributed by atoms with Gasteiger partial charge in [0.05, 0.1) is 17.0 Å². The zero-order valence-corrected chi connectivity index (χ0v) is 18.5. The van der Waals surface area contributed by atoms with Crippen LogP contribution in [0.25, 0.3) is 32.1 Å². The van der Waals surface area contributed by atoms with E-state index < -0.39 is 5.97 Å². The van der Waals surface area contributed by atoms with Gasteiger partial charge in [-0.25, -0.2) is 9.78 Å².